The van der Waals surface area contributed by atoms with E-state index >= 15 is 0 Å². The number of amides is 1. The summed E-state index contributed by atoms with van der Waals surface area (Å²) in [6.45, 7) is 3.60. The van der Waals surface area contributed by atoms with Crippen LogP contribution >= 0.6 is 0 Å². The Kier molecular flexibility index (Phi) is 3.79. The smallest absolute Gasteiger partial charge is 0.344 e. The van der Waals surface area contributed by atoms with Crippen molar-refractivity contribution in [1.29, 1.82) is 0 Å². The molecule has 1 aromatic rings. The van der Waals surface area contributed by atoms with Crippen molar-refractivity contribution in [3.63, 3.8) is 0 Å². The Morgan fingerprint density at radius 1 is 1.48 bits per heavy atom. The van der Waals surface area contributed by atoms with Crippen molar-refractivity contribution >= 4 is 23.3 Å². The molecule has 0 saturated carbocycles. The van der Waals surface area contributed by atoms with Crippen LogP contribution in [0.15, 0.2) is 12.1 Å². The summed E-state index contributed by atoms with van der Waals surface area (Å²) < 4.78 is 10.0. The predicted molar refractivity (Wildman–Crippen MR) is 72.3 cm³/mol. The maximum Gasteiger partial charge on any atom is 0.344 e. The minimum Gasteiger partial charge on any atom is -0.478 e. The van der Waals surface area contributed by atoms with Crippen LogP contribution in [0.25, 0.3) is 0 Å². The van der Waals surface area contributed by atoms with Gasteiger partial charge in [0.25, 0.3) is 11.6 Å². The summed E-state index contributed by atoms with van der Waals surface area (Å²) in [5.41, 5.74) is -0.463. The number of ether oxygens (including phenoxy) is 2. The number of nitrogens with zero attached hydrogens (tertiary/aromatic N) is 1. The molecule has 1 heterocycles. The zero-order valence-corrected chi connectivity index (χ0v) is 11.7. The van der Waals surface area contributed by atoms with Crippen LogP contribution in [0.5, 0.6) is 5.75 Å². The summed E-state index contributed by atoms with van der Waals surface area (Å²) in [5.74, 6) is -1.16. The average molecular weight is 294 g/mol. The van der Waals surface area contributed by atoms with Crippen LogP contribution in [-0.4, -0.2) is 30.0 Å². The van der Waals surface area contributed by atoms with Crippen molar-refractivity contribution in [3.05, 3.63) is 27.8 Å². The fourth-order valence-corrected chi connectivity index (χ4v) is 2.02. The molecular formula is C13H14N2O6. The van der Waals surface area contributed by atoms with Crippen molar-refractivity contribution in [2.75, 3.05) is 12.4 Å². The standard InChI is InChI=1S/C13H14N2O6/c1-6(2)11-12(16)14-8-4-7(13(17)20-3)9(15(18)19)5-10(8)21-11/h4-6,11H,1-3H3,(H,14,16). The van der Waals surface area contributed by atoms with Gasteiger partial charge in [-0.3, -0.25) is 14.9 Å². The quantitative estimate of drug-likeness (QED) is 0.516. The van der Waals surface area contributed by atoms with E-state index in [9.17, 15) is 19.7 Å². The average Bonchev–Trinajstić information content (AvgIpc) is 2.43. The van der Waals surface area contributed by atoms with Crippen molar-refractivity contribution in [2.45, 2.75) is 20.0 Å². The molecule has 0 spiro atoms. The minimum absolute atomic E-state index is 0.0995. The molecular weight excluding hydrogens is 280 g/mol. The molecule has 1 aromatic carbocycles. The highest BCUT2D eigenvalue weighted by atomic mass is 16.6. The first-order valence-electron chi connectivity index (χ1n) is 6.23. The lowest BCUT2D eigenvalue weighted by molar-refractivity contribution is -0.385. The molecule has 112 valence electrons. The first-order chi connectivity index (χ1) is 9.85. The molecule has 0 fully saturated rings. The van der Waals surface area contributed by atoms with Gasteiger partial charge in [-0.05, 0) is 12.0 Å². The summed E-state index contributed by atoms with van der Waals surface area (Å²) >= 11 is 0. The number of carbonyl (C=O) groups is 2. The fourth-order valence-electron chi connectivity index (χ4n) is 2.02. The molecule has 1 N–H and O–H groups in total. The van der Waals surface area contributed by atoms with Gasteiger partial charge in [0.1, 0.15) is 5.56 Å². The zero-order chi connectivity index (χ0) is 15.7. The zero-order valence-electron chi connectivity index (χ0n) is 11.7. The normalized spacial score (nSPS) is 16.8. The molecule has 2 rings (SSSR count). The number of nitro groups is 1. The molecule has 1 atom stereocenters. The highest BCUT2D eigenvalue weighted by Crippen LogP contribution is 2.37. The van der Waals surface area contributed by atoms with Gasteiger partial charge in [-0.1, -0.05) is 13.8 Å². The maximum atomic E-state index is 11.9. The highest BCUT2D eigenvalue weighted by molar-refractivity contribution is 6.01. The molecule has 0 aliphatic carbocycles. The van der Waals surface area contributed by atoms with Crippen molar-refractivity contribution in [1.82, 2.24) is 0 Å². The van der Waals surface area contributed by atoms with E-state index < -0.39 is 22.7 Å². The summed E-state index contributed by atoms with van der Waals surface area (Å²) in [6, 6.07) is 2.31. The molecule has 1 amide bonds. The van der Waals surface area contributed by atoms with Crippen molar-refractivity contribution in [3.8, 4) is 5.75 Å². The number of fused-ring (bicyclic) bond motifs is 1. The Balaban J connectivity index is 2.53. The number of anilines is 1. The van der Waals surface area contributed by atoms with Crippen molar-refractivity contribution < 1.29 is 24.0 Å². The van der Waals surface area contributed by atoms with Crippen LogP contribution < -0.4 is 10.1 Å². The third-order valence-corrected chi connectivity index (χ3v) is 3.08. The van der Waals surface area contributed by atoms with Gasteiger partial charge in [-0.15, -0.1) is 0 Å². The van der Waals surface area contributed by atoms with Gasteiger partial charge in [0.2, 0.25) is 0 Å². The first-order valence-corrected chi connectivity index (χ1v) is 6.23. The second-order valence-electron chi connectivity index (χ2n) is 4.89. The van der Waals surface area contributed by atoms with Crippen LogP contribution in [0, 0.1) is 16.0 Å². The molecule has 21 heavy (non-hydrogen) atoms. The second kappa shape index (κ2) is 5.39. The van der Waals surface area contributed by atoms with Crippen LogP contribution in [0.1, 0.15) is 24.2 Å². The molecule has 8 heteroatoms. The van der Waals surface area contributed by atoms with Crippen LogP contribution in [0.2, 0.25) is 0 Å². The van der Waals surface area contributed by atoms with Gasteiger partial charge in [0, 0.05) is 0 Å². The Bertz CT molecular complexity index is 625. The van der Waals surface area contributed by atoms with Gasteiger partial charge in [0.05, 0.1) is 23.8 Å². The summed E-state index contributed by atoms with van der Waals surface area (Å²) in [6.07, 6.45) is -0.735. The lowest BCUT2D eigenvalue weighted by Crippen LogP contribution is -2.40. The monoisotopic (exact) mass is 294 g/mol. The van der Waals surface area contributed by atoms with E-state index in [1.54, 1.807) is 13.8 Å². The summed E-state index contributed by atoms with van der Waals surface area (Å²) in [5, 5.41) is 13.6. The Hall–Kier alpha value is -2.64. The molecule has 1 aliphatic rings. The van der Waals surface area contributed by atoms with Crippen molar-refractivity contribution in [2.24, 2.45) is 5.92 Å². The van der Waals surface area contributed by atoms with E-state index in [2.05, 4.69) is 10.1 Å². The van der Waals surface area contributed by atoms with Gasteiger partial charge >= 0.3 is 5.97 Å². The number of carbonyl (C=O) groups excluding carboxylic acids is 2. The van der Waals surface area contributed by atoms with E-state index in [0.29, 0.717) is 0 Å². The Morgan fingerprint density at radius 3 is 2.67 bits per heavy atom. The second-order valence-corrected chi connectivity index (χ2v) is 4.89. The third kappa shape index (κ3) is 2.64. The molecule has 8 nitrogen and oxygen atoms in total. The number of methoxy groups -OCH3 is 1. The highest BCUT2D eigenvalue weighted by Gasteiger charge is 2.33. The van der Waals surface area contributed by atoms with Crippen LogP contribution in [-0.2, 0) is 9.53 Å². The largest absolute Gasteiger partial charge is 0.478 e. The summed E-state index contributed by atoms with van der Waals surface area (Å²) in [4.78, 5) is 33.8. The molecule has 0 radical (unpaired) electrons. The van der Waals surface area contributed by atoms with Crippen LogP contribution in [0.4, 0.5) is 11.4 Å². The van der Waals surface area contributed by atoms with Gasteiger partial charge in [-0.25, -0.2) is 4.79 Å². The SMILES string of the molecule is COC(=O)c1cc2c(cc1[N+](=O)[O-])OC(C(C)C)C(=O)N2. The number of esters is 1. The number of nitrogens with one attached hydrogen (secondary N) is 1. The Labute approximate surface area is 120 Å². The topological polar surface area (TPSA) is 108 Å². The predicted octanol–water partition coefficient (Wildman–Crippen LogP) is 1.74. The minimum atomic E-state index is -0.857. The van der Waals surface area contributed by atoms with Crippen LogP contribution in [0.3, 0.4) is 0 Å². The third-order valence-electron chi connectivity index (χ3n) is 3.08. The number of nitro benzene ring substituents is 1. The number of rotatable bonds is 3. The number of benzene rings is 1. The van der Waals surface area contributed by atoms with E-state index in [0.717, 1.165) is 13.2 Å². The fraction of sp³-hybridized carbons (Fsp3) is 0.385. The lowest BCUT2D eigenvalue weighted by Gasteiger charge is -2.28. The maximum absolute atomic E-state index is 11.9. The van der Waals surface area contributed by atoms with E-state index in [1.807, 2.05) is 0 Å². The molecule has 0 aromatic heterocycles. The van der Waals surface area contributed by atoms with Gasteiger partial charge in [0.15, 0.2) is 11.9 Å². The van der Waals surface area contributed by atoms with Gasteiger partial charge in [-0.2, -0.15) is 0 Å². The van der Waals surface area contributed by atoms with E-state index in [-0.39, 0.29) is 28.8 Å². The summed E-state index contributed by atoms with van der Waals surface area (Å²) in [7, 11) is 1.12. The van der Waals surface area contributed by atoms with Gasteiger partial charge < -0.3 is 14.8 Å². The molecule has 1 unspecified atom stereocenters. The van der Waals surface area contributed by atoms with E-state index in [1.165, 1.54) is 6.07 Å². The number of hydrogen-bond acceptors (Lipinski definition) is 6. The lowest BCUT2D eigenvalue weighted by atomic mass is 10.0. The van der Waals surface area contributed by atoms with E-state index in [4.69, 9.17) is 4.74 Å². The Morgan fingerprint density at radius 2 is 2.14 bits per heavy atom. The first kappa shape index (κ1) is 14.8. The molecule has 0 bridgehead atoms. The molecule has 0 saturated heterocycles. The number of hydrogen-bond donors (Lipinski definition) is 1. The molecule has 1 aliphatic heterocycles.